The highest BCUT2D eigenvalue weighted by molar-refractivity contribution is 7.11. The molecule has 6 nitrogen and oxygen atoms in total. The molecular weight excluding hydrogens is 240 g/mol. The van der Waals surface area contributed by atoms with Gasteiger partial charge in [0.05, 0.1) is 6.61 Å². The minimum Gasteiger partial charge on any atom is -0.461 e. The predicted octanol–water partition coefficient (Wildman–Crippen LogP) is 0.953. The molecule has 0 radical (unpaired) electrons. The molecule has 1 aromatic heterocycles. The first kappa shape index (κ1) is 13.0. The summed E-state index contributed by atoms with van der Waals surface area (Å²) in [4.78, 5) is 15.4. The lowest BCUT2D eigenvalue weighted by molar-refractivity contribution is -0.138. The van der Waals surface area contributed by atoms with Gasteiger partial charge in [0.1, 0.15) is 16.4 Å². The molecule has 0 saturated heterocycles. The van der Waals surface area contributed by atoms with Crippen LogP contribution in [0.25, 0.3) is 0 Å². The van der Waals surface area contributed by atoms with Crippen LogP contribution in [0, 0.1) is 0 Å². The van der Waals surface area contributed by atoms with Crippen molar-refractivity contribution in [3.8, 4) is 0 Å². The first-order valence-electron chi connectivity index (χ1n) is 4.76. The van der Waals surface area contributed by atoms with E-state index in [1.54, 1.807) is 18.5 Å². The van der Waals surface area contributed by atoms with Crippen molar-refractivity contribution in [1.29, 1.82) is 0 Å². The summed E-state index contributed by atoms with van der Waals surface area (Å²) < 4.78 is 4.75. The van der Waals surface area contributed by atoms with Crippen LogP contribution in [0.3, 0.4) is 0 Å². The van der Waals surface area contributed by atoms with Gasteiger partial charge in [0.2, 0.25) is 0 Å². The molecule has 1 rings (SSSR count). The fourth-order valence-electron chi connectivity index (χ4n) is 0.980. The first-order valence-corrected chi connectivity index (χ1v) is 5.64. The number of esters is 1. The van der Waals surface area contributed by atoms with Crippen molar-refractivity contribution in [3.63, 3.8) is 0 Å². The van der Waals surface area contributed by atoms with E-state index in [2.05, 4.69) is 21.9 Å². The van der Waals surface area contributed by atoms with Crippen LogP contribution in [-0.2, 0) is 9.53 Å². The molecule has 0 spiro atoms. The molecular formula is C10H12N4O2S. The number of nitrogens with two attached hydrogens (primary N) is 1. The molecule has 0 saturated carbocycles. The van der Waals surface area contributed by atoms with Crippen LogP contribution < -0.4 is 5.73 Å². The lowest BCUT2D eigenvalue weighted by atomic mass is 10.3. The molecule has 0 aliphatic rings. The molecule has 0 atom stereocenters. The molecule has 7 heteroatoms. The second-order valence-corrected chi connectivity index (χ2v) is 3.68. The van der Waals surface area contributed by atoms with Gasteiger partial charge in [-0.05, 0) is 13.0 Å². The van der Waals surface area contributed by atoms with Crippen LogP contribution >= 0.6 is 11.3 Å². The number of carbonyl (C=O) groups is 1. The highest BCUT2D eigenvalue weighted by Crippen LogP contribution is 2.08. The molecule has 0 aromatic carbocycles. The van der Waals surface area contributed by atoms with E-state index >= 15 is 0 Å². The Morgan fingerprint density at radius 2 is 2.53 bits per heavy atom. The number of aromatic nitrogens is 1. The van der Waals surface area contributed by atoms with Gasteiger partial charge in [-0.25, -0.2) is 9.78 Å². The quantitative estimate of drug-likeness (QED) is 0.365. The van der Waals surface area contributed by atoms with Gasteiger partial charge in [0.25, 0.3) is 0 Å². The van der Waals surface area contributed by atoms with E-state index in [4.69, 9.17) is 10.5 Å². The van der Waals surface area contributed by atoms with Gasteiger partial charge in [0, 0.05) is 18.3 Å². The van der Waals surface area contributed by atoms with E-state index in [0.29, 0.717) is 10.7 Å². The number of thiazole rings is 1. The highest BCUT2D eigenvalue weighted by Gasteiger charge is 2.10. The SMILES string of the molecule is C=NN=C(C=C(N)C(=O)OCC)c1nccs1. The number of nitrogens with zero attached hydrogens (tertiary/aromatic N) is 3. The molecule has 0 fully saturated rings. The topological polar surface area (TPSA) is 89.9 Å². The average Bonchev–Trinajstić information content (AvgIpc) is 2.82. The van der Waals surface area contributed by atoms with Gasteiger partial charge in [-0.3, -0.25) is 0 Å². The summed E-state index contributed by atoms with van der Waals surface area (Å²) >= 11 is 1.36. The first-order chi connectivity index (χ1) is 8.19. The Hall–Kier alpha value is -2.02. The van der Waals surface area contributed by atoms with Crippen LogP contribution in [0.15, 0.2) is 33.6 Å². The van der Waals surface area contributed by atoms with E-state index in [1.165, 1.54) is 17.4 Å². The fraction of sp³-hybridized carbons (Fsp3) is 0.200. The van der Waals surface area contributed by atoms with Crippen molar-refractivity contribution < 1.29 is 9.53 Å². The van der Waals surface area contributed by atoms with Gasteiger partial charge < -0.3 is 10.5 Å². The summed E-state index contributed by atoms with van der Waals surface area (Å²) in [6.45, 7) is 5.21. The molecule has 0 unspecified atom stereocenters. The lowest BCUT2D eigenvalue weighted by Crippen LogP contribution is -2.16. The molecule has 0 amide bonds. The van der Waals surface area contributed by atoms with E-state index in [-0.39, 0.29) is 12.3 Å². The van der Waals surface area contributed by atoms with Crippen molar-refractivity contribution in [2.24, 2.45) is 15.9 Å². The van der Waals surface area contributed by atoms with E-state index in [0.717, 1.165) is 0 Å². The number of carbonyl (C=O) groups excluding carboxylic acids is 1. The molecule has 90 valence electrons. The summed E-state index contributed by atoms with van der Waals surface area (Å²) in [6, 6.07) is 0. The maximum atomic E-state index is 11.3. The maximum Gasteiger partial charge on any atom is 0.354 e. The van der Waals surface area contributed by atoms with Crippen LogP contribution in [0.2, 0.25) is 0 Å². The zero-order chi connectivity index (χ0) is 12.7. The molecule has 1 aromatic rings. The highest BCUT2D eigenvalue weighted by atomic mass is 32.1. The summed E-state index contributed by atoms with van der Waals surface area (Å²) in [5, 5.41) is 9.55. The largest absolute Gasteiger partial charge is 0.461 e. The molecule has 1 heterocycles. The van der Waals surface area contributed by atoms with Gasteiger partial charge in [-0.2, -0.15) is 5.10 Å². The zero-order valence-electron chi connectivity index (χ0n) is 9.29. The van der Waals surface area contributed by atoms with Crippen LogP contribution in [0.4, 0.5) is 0 Å². The Labute approximate surface area is 103 Å². The van der Waals surface area contributed by atoms with Crippen molar-refractivity contribution >= 4 is 29.7 Å². The van der Waals surface area contributed by atoms with Crippen molar-refractivity contribution in [2.75, 3.05) is 6.61 Å². The Kier molecular flexibility index (Phi) is 5.02. The third-order valence-electron chi connectivity index (χ3n) is 1.63. The second-order valence-electron chi connectivity index (χ2n) is 2.78. The zero-order valence-corrected chi connectivity index (χ0v) is 10.1. The molecule has 2 N–H and O–H groups in total. The van der Waals surface area contributed by atoms with Crippen molar-refractivity contribution in [2.45, 2.75) is 6.92 Å². The van der Waals surface area contributed by atoms with Gasteiger partial charge in [-0.15, -0.1) is 16.4 Å². The minimum absolute atomic E-state index is 0.0514. The molecule has 0 aliphatic carbocycles. The molecule has 17 heavy (non-hydrogen) atoms. The van der Waals surface area contributed by atoms with Crippen LogP contribution in [0.5, 0.6) is 0 Å². The Morgan fingerprint density at radius 3 is 3.06 bits per heavy atom. The normalized spacial score (nSPS) is 12.3. The average molecular weight is 252 g/mol. The number of hydrogen-bond acceptors (Lipinski definition) is 7. The third kappa shape index (κ3) is 3.80. The smallest absolute Gasteiger partial charge is 0.354 e. The van der Waals surface area contributed by atoms with Gasteiger partial charge in [-0.1, -0.05) is 0 Å². The fourth-order valence-corrected chi connectivity index (χ4v) is 1.57. The van der Waals surface area contributed by atoms with Crippen molar-refractivity contribution in [3.05, 3.63) is 28.4 Å². The lowest BCUT2D eigenvalue weighted by Gasteiger charge is -2.01. The number of ether oxygens (including phenoxy) is 1. The second kappa shape index (κ2) is 6.54. The summed E-state index contributed by atoms with van der Waals surface area (Å²) in [5.74, 6) is -0.596. The van der Waals surface area contributed by atoms with Crippen molar-refractivity contribution in [1.82, 2.24) is 4.98 Å². The summed E-state index contributed by atoms with van der Waals surface area (Å²) in [5.41, 5.74) is 5.89. The van der Waals surface area contributed by atoms with E-state index < -0.39 is 5.97 Å². The monoisotopic (exact) mass is 252 g/mol. The minimum atomic E-state index is -0.596. The van der Waals surface area contributed by atoms with Gasteiger partial charge >= 0.3 is 5.97 Å². The van der Waals surface area contributed by atoms with E-state index in [9.17, 15) is 4.79 Å². The van der Waals surface area contributed by atoms with Gasteiger partial charge in [0.15, 0.2) is 0 Å². The van der Waals surface area contributed by atoms with E-state index in [1.807, 2.05) is 0 Å². The Bertz CT molecular complexity index is 451. The summed E-state index contributed by atoms with van der Waals surface area (Å²) in [6.07, 6.45) is 2.98. The summed E-state index contributed by atoms with van der Waals surface area (Å²) in [7, 11) is 0. The Balaban J connectivity index is 2.95. The standard InChI is InChI=1S/C10H12N4O2S/c1-3-16-10(15)7(11)6-8(14-12-2)9-13-4-5-17-9/h4-6H,2-3,11H2,1H3. The number of allylic oxidation sites excluding steroid dienone is 1. The van der Waals surface area contributed by atoms with Crippen LogP contribution in [-0.4, -0.2) is 30.0 Å². The molecule has 0 bridgehead atoms. The van der Waals surface area contributed by atoms with Crippen LogP contribution in [0.1, 0.15) is 11.9 Å². The maximum absolute atomic E-state index is 11.3. The number of rotatable bonds is 5. The Morgan fingerprint density at radius 1 is 1.76 bits per heavy atom. The number of hydrogen-bond donors (Lipinski definition) is 1. The third-order valence-corrected chi connectivity index (χ3v) is 2.43. The molecule has 0 aliphatic heterocycles. The predicted molar refractivity (Wildman–Crippen MR) is 67.1 cm³/mol.